The van der Waals surface area contributed by atoms with E-state index in [1.54, 1.807) is 0 Å². The van der Waals surface area contributed by atoms with Gasteiger partial charge in [0.15, 0.2) is 0 Å². The predicted octanol–water partition coefficient (Wildman–Crippen LogP) is 2.77. The zero-order valence-corrected chi connectivity index (χ0v) is 17.2. The highest BCUT2D eigenvalue weighted by Gasteiger charge is 2.37. The molecule has 3 rings (SSSR count). The molecule has 148 valence electrons. The first-order valence-corrected chi connectivity index (χ1v) is 9.07. The van der Waals surface area contributed by atoms with E-state index in [1.807, 2.05) is 12.1 Å². The Morgan fingerprint density at radius 2 is 1.77 bits per heavy atom. The maximum absolute atomic E-state index is 12.5. The van der Waals surface area contributed by atoms with Crippen LogP contribution < -0.4 is 11.1 Å². The number of hydrogen-bond donors (Lipinski definition) is 2. The van der Waals surface area contributed by atoms with E-state index in [-0.39, 0.29) is 36.8 Å². The van der Waals surface area contributed by atoms with Crippen molar-refractivity contribution >= 4 is 42.3 Å². The Labute approximate surface area is 172 Å². The Morgan fingerprint density at radius 3 is 2.35 bits per heavy atom. The standard InChI is InChI=1S/C18H26ClN3O2.2ClH/c19-15-3-1-14(2-4-15)13-22-9-5-16(6-10-22)21-17(23)18(20)7-11-24-12-8-18;;/h1-4,16H,5-13,20H2,(H,21,23);2*1H. The number of hydrogen-bond acceptors (Lipinski definition) is 4. The molecular weight excluding hydrogens is 397 g/mol. The van der Waals surface area contributed by atoms with Crippen LogP contribution in [0, 0.1) is 0 Å². The molecule has 8 heteroatoms. The summed E-state index contributed by atoms with van der Waals surface area (Å²) < 4.78 is 5.31. The summed E-state index contributed by atoms with van der Waals surface area (Å²) in [6.45, 7) is 4.03. The Balaban J connectivity index is 0.00000169. The smallest absolute Gasteiger partial charge is 0.240 e. The molecule has 0 bridgehead atoms. The van der Waals surface area contributed by atoms with Gasteiger partial charge in [0.2, 0.25) is 5.91 Å². The van der Waals surface area contributed by atoms with Crippen LogP contribution in [0.25, 0.3) is 0 Å². The molecule has 2 heterocycles. The highest BCUT2D eigenvalue weighted by molar-refractivity contribution is 6.30. The quantitative estimate of drug-likeness (QED) is 0.780. The molecular formula is C18H28Cl3N3O2. The number of carbonyl (C=O) groups is 1. The highest BCUT2D eigenvalue weighted by atomic mass is 35.5. The maximum atomic E-state index is 12.5. The molecule has 0 aliphatic carbocycles. The second-order valence-corrected chi connectivity index (χ2v) is 7.36. The molecule has 0 radical (unpaired) electrons. The summed E-state index contributed by atoms with van der Waals surface area (Å²) in [6.07, 6.45) is 3.14. The van der Waals surface area contributed by atoms with Crippen LogP contribution in [0.1, 0.15) is 31.2 Å². The van der Waals surface area contributed by atoms with E-state index in [0.29, 0.717) is 26.1 Å². The van der Waals surface area contributed by atoms with Crippen molar-refractivity contribution in [2.24, 2.45) is 5.73 Å². The van der Waals surface area contributed by atoms with Gasteiger partial charge in [-0.15, -0.1) is 24.8 Å². The molecule has 2 fully saturated rings. The summed E-state index contributed by atoms with van der Waals surface area (Å²) in [4.78, 5) is 14.9. The van der Waals surface area contributed by atoms with E-state index in [9.17, 15) is 4.79 Å². The second-order valence-electron chi connectivity index (χ2n) is 6.92. The van der Waals surface area contributed by atoms with Crippen molar-refractivity contribution < 1.29 is 9.53 Å². The number of likely N-dealkylation sites (tertiary alicyclic amines) is 1. The van der Waals surface area contributed by atoms with Gasteiger partial charge in [0.1, 0.15) is 0 Å². The average molecular weight is 425 g/mol. The third-order valence-electron chi connectivity index (χ3n) is 5.08. The third-order valence-corrected chi connectivity index (χ3v) is 5.33. The van der Waals surface area contributed by atoms with E-state index in [2.05, 4.69) is 22.3 Å². The molecule has 2 saturated heterocycles. The SMILES string of the molecule is Cl.Cl.NC1(C(=O)NC2CCN(Cc3ccc(Cl)cc3)CC2)CCOCC1. The van der Waals surface area contributed by atoms with Crippen molar-refractivity contribution in [1.29, 1.82) is 0 Å². The van der Waals surface area contributed by atoms with Gasteiger partial charge < -0.3 is 15.8 Å². The van der Waals surface area contributed by atoms with Crippen LogP contribution in [-0.2, 0) is 16.1 Å². The lowest BCUT2D eigenvalue weighted by Crippen LogP contribution is -2.59. The van der Waals surface area contributed by atoms with E-state index >= 15 is 0 Å². The van der Waals surface area contributed by atoms with Gasteiger partial charge in [-0.2, -0.15) is 0 Å². The summed E-state index contributed by atoms with van der Waals surface area (Å²) in [6, 6.07) is 8.22. The fourth-order valence-electron chi connectivity index (χ4n) is 3.38. The molecule has 3 N–H and O–H groups in total. The number of halogens is 3. The first-order chi connectivity index (χ1) is 11.5. The molecule has 0 spiro atoms. The highest BCUT2D eigenvalue weighted by Crippen LogP contribution is 2.20. The topological polar surface area (TPSA) is 67.6 Å². The minimum absolute atomic E-state index is 0. The van der Waals surface area contributed by atoms with Gasteiger partial charge >= 0.3 is 0 Å². The molecule has 1 amide bonds. The molecule has 2 aliphatic heterocycles. The lowest BCUT2D eigenvalue weighted by atomic mass is 9.89. The number of carbonyl (C=O) groups excluding carboxylic acids is 1. The molecule has 5 nitrogen and oxygen atoms in total. The largest absolute Gasteiger partial charge is 0.381 e. The first kappa shape index (κ1) is 23.5. The second kappa shape index (κ2) is 10.7. The molecule has 0 atom stereocenters. The Morgan fingerprint density at radius 1 is 1.19 bits per heavy atom. The first-order valence-electron chi connectivity index (χ1n) is 8.70. The Kier molecular flexibility index (Phi) is 9.65. The van der Waals surface area contributed by atoms with Gasteiger partial charge in [-0.25, -0.2) is 0 Å². The summed E-state index contributed by atoms with van der Waals surface area (Å²) >= 11 is 5.93. The number of rotatable bonds is 4. The number of nitrogens with zero attached hydrogens (tertiary/aromatic N) is 1. The lowest BCUT2D eigenvalue weighted by molar-refractivity contribution is -0.130. The van der Waals surface area contributed by atoms with Gasteiger partial charge in [-0.05, 0) is 43.4 Å². The zero-order chi connectivity index (χ0) is 17.0. The summed E-state index contributed by atoms with van der Waals surface area (Å²) in [5.74, 6) is -0.0121. The number of ether oxygens (including phenoxy) is 1. The number of benzene rings is 1. The van der Waals surface area contributed by atoms with Gasteiger partial charge in [0, 0.05) is 43.9 Å². The third kappa shape index (κ3) is 6.25. The summed E-state index contributed by atoms with van der Waals surface area (Å²) in [5, 5.41) is 3.92. The van der Waals surface area contributed by atoms with Crippen LogP contribution in [-0.4, -0.2) is 48.7 Å². The molecule has 2 aliphatic rings. The predicted molar refractivity (Wildman–Crippen MR) is 109 cm³/mol. The average Bonchev–Trinajstić information content (AvgIpc) is 2.59. The number of nitrogens with one attached hydrogen (secondary N) is 1. The van der Waals surface area contributed by atoms with Gasteiger partial charge in [0.25, 0.3) is 0 Å². The van der Waals surface area contributed by atoms with Crippen LogP contribution in [0.4, 0.5) is 0 Å². The molecule has 1 aromatic rings. The van der Waals surface area contributed by atoms with Crippen LogP contribution in [0.5, 0.6) is 0 Å². The molecule has 0 unspecified atom stereocenters. The van der Waals surface area contributed by atoms with Crippen molar-refractivity contribution in [2.75, 3.05) is 26.3 Å². The zero-order valence-electron chi connectivity index (χ0n) is 14.8. The van der Waals surface area contributed by atoms with Gasteiger partial charge in [-0.1, -0.05) is 23.7 Å². The van der Waals surface area contributed by atoms with Crippen molar-refractivity contribution in [3.8, 4) is 0 Å². The van der Waals surface area contributed by atoms with E-state index in [0.717, 1.165) is 37.5 Å². The number of piperidine rings is 1. The molecule has 1 aromatic carbocycles. The monoisotopic (exact) mass is 423 g/mol. The maximum Gasteiger partial charge on any atom is 0.240 e. The van der Waals surface area contributed by atoms with Crippen molar-refractivity contribution in [1.82, 2.24) is 10.2 Å². The Hall–Kier alpha value is -0.560. The van der Waals surface area contributed by atoms with Crippen LogP contribution in [0.2, 0.25) is 5.02 Å². The summed E-state index contributed by atoms with van der Waals surface area (Å²) in [5.41, 5.74) is 6.77. The van der Waals surface area contributed by atoms with E-state index in [4.69, 9.17) is 22.1 Å². The molecule has 0 aromatic heterocycles. The van der Waals surface area contributed by atoms with Crippen molar-refractivity contribution in [2.45, 2.75) is 43.8 Å². The fourth-order valence-corrected chi connectivity index (χ4v) is 3.50. The van der Waals surface area contributed by atoms with Crippen LogP contribution in [0.15, 0.2) is 24.3 Å². The van der Waals surface area contributed by atoms with Crippen LogP contribution in [0.3, 0.4) is 0 Å². The Bertz CT molecular complexity index is 557. The number of nitrogens with two attached hydrogens (primary N) is 1. The van der Waals surface area contributed by atoms with E-state index in [1.165, 1.54) is 5.56 Å². The lowest BCUT2D eigenvalue weighted by Gasteiger charge is -2.36. The van der Waals surface area contributed by atoms with Gasteiger partial charge in [0.05, 0.1) is 5.54 Å². The molecule has 26 heavy (non-hydrogen) atoms. The summed E-state index contributed by atoms with van der Waals surface area (Å²) in [7, 11) is 0. The van der Waals surface area contributed by atoms with E-state index < -0.39 is 5.54 Å². The normalized spacial score (nSPS) is 20.5. The van der Waals surface area contributed by atoms with Crippen LogP contribution >= 0.6 is 36.4 Å². The fraction of sp³-hybridized carbons (Fsp3) is 0.611. The minimum atomic E-state index is -0.751. The van der Waals surface area contributed by atoms with Crippen molar-refractivity contribution in [3.05, 3.63) is 34.9 Å². The van der Waals surface area contributed by atoms with Gasteiger partial charge in [-0.3, -0.25) is 9.69 Å². The molecule has 0 saturated carbocycles. The van der Waals surface area contributed by atoms with Crippen molar-refractivity contribution in [3.63, 3.8) is 0 Å². The minimum Gasteiger partial charge on any atom is -0.381 e. The number of amides is 1.